The van der Waals surface area contributed by atoms with Gasteiger partial charge in [-0.25, -0.2) is 8.42 Å². The summed E-state index contributed by atoms with van der Waals surface area (Å²) < 4.78 is 61.4. The van der Waals surface area contributed by atoms with Crippen molar-refractivity contribution in [1.29, 1.82) is 0 Å². The Hall–Kier alpha value is -1.08. The highest BCUT2D eigenvalue weighted by Gasteiger charge is 2.50. The predicted molar refractivity (Wildman–Crippen MR) is 124 cm³/mol. The van der Waals surface area contributed by atoms with Gasteiger partial charge in [0.1, 0.15) is 0 Å². The Labute approximate surface area is 193 Å². The SMILES string of the molecule is CCNC(=NCC1CCN(S(=O)(=O)C(F)(F)F)CC1)NCCc1ccc(C)cc1.I. The summed E-state index contributed by atoms with van der Waals surface area (Å²) in [7, 11) is -5.23. The van der Waals surface area contributed by atoms with Gasteiger partial charge >= 0.3 is 15.5 Å². The van der Waals surface area contributed by atoms with Gasteiger partial charge in [-0.3, -0.25) is 4.99 Å². The molecule has 1 saturated heterocycles. The van der Waals surface area contributed by atoms with Gasteiger partial charge in [0.05, 0.1) is 0 Å². The number of hydrogen-bond acceptors (Lipinski definition) is 3. The van der Waals surface area contributed by atoms with Gasteiger partial charge in [-0.2, -0.15) is 17.5 Å². The Bertz CT molecular complexity index is 778. The molecule has 0 saturated carbocycles. The lowest BCUT2D eigenvalue weighted by molar-refractivity contribution is -0.0496. The number of nitrogens with one attached hydrogen (secondary N) is 2. The second-order valence-corrected chi connectivity index (χ2v) is 9.10. The molecule has 0 bridgehead atoms. The van der Waals surface area contributed by atoms with Crippen LogP contribution in [-0.4, -0.2) is 56.9 Å². The van der Waals surface area contributed by atoms with Crippen LogP contribution >= 0.6 is 24.0 Å². The number of guanidine groups is 1. The molecule has 0 aromatic heterocycles. The van der Waals surface area contributed by atoms with Gasteiger partial charge in [-0.1, -0.05) is 29.8 Å². The van der Waals surface area contributed by atoms with Crippen molar-refractivity contribution in [1.82, 2.24) is 14.9 Å². The summed E-state index contributed by atoms with van der Waals surface area (Å²) in [6.45, 7) is 5.59. The minimum absolute atomic E-state index is 0. The van der Waals surface area contributed by atoms with Crippen LogP contribution in [0.25, 0.3) is 0 Å². The lowest BCUT2D eigenvalue weighted by atomic mass is 9.98. The third kappa shape index (κ3) is 7.88. The molecular formula is C19H30F3IN4O2S. The number of aryl methyl sites for hydroxylation is 1. The second kappa shape index (κ2) is 12.1. The zero-order valence-electron chi connectivity index (χ0n) is 17.2. The molecule has 11 heteroatoms. The first-order valence-corrected chi connectivity index (χ1v) is 11.2. The summed E-state index contributed by atoms with van der Waals surface area (Å²) in [6.07, 6.45) is 1.57. The summed E-state index contributed by atoms with van der Waals surface area (Å²) in [6, 6.07) is 8.31. The summed E-state index contributed by atoms with van der Waals surface area (Å²) in [5.41, 5.74) is -2.81. The topological polar surface area (TPSA) is 73.8 Å². The molecule has 1 aromatic rings. The van der Waals surface area contributed by atoms with Crippen LogP contribution in [0, 0.1) is 12.8 Å². The summed E-state index contributed by atoms with van der Waals surface area (Å²) in [5.74, 6) is 0.715. The van der Waals surface area contributed by atoms with Crippen molar-refractivity contribution in [2.45, 2.75) is 38.6 Å². The molecule has 1 aliphatic heterocycles. The minimum atomic E-state index is -5.24. The van der Waals surface area contributed by atoms with E-state index in [9.17, 15) is 21.6 Å². The molecule has 0 atom stereocenters. The van der Waals surface area contributed by atoms with E-state index in [1.165, 1.54) is 11.1 Å². The Morgan fingerprint density at radius 3 is 2.30 bits per heavy atom. The van der Waals surface area contributed by atoms with Crippen LogP contribution in [0.4, 0.5) is 13.2 Å². The lowest BCUT2D eigenvalue weighted by Crippen LogP contribution is -2.45. The molecule has 0 aliphatic carbocycles. The number of benzene rings is 1. The van der Waals surface area contributed by atoms with E-state index >= 15 is 0 Å². The van der Waals surface area contributed by atoms with E-state index in [2.05, 4.69) is 39.9 Å². The van der Waals surface area contributed by atoms with Crippen LogP contribution in [0.1, 0.15) is 30.9 Å². The van der Waals surface area contributed by atoms with Gasteiger partial charge in [0, 0.05) is 32.7 Å². The smallest absolute Gasteiger partial charge is 0.357 e. The molecule has 0 unspecified atom stereocenters. The Balaban J connectivity index is 0.00000450. The molecular weight excluding hydrogens is 532 g/mol. The Kier molecular flexibility index (Phi) is 10.9. The minimum Gasteiger partial charge on any atom is -0.357 e. The highest BCUT2D eigenvalue weighted by atomic mass is 127. The molecule has 1 aromatic carbocycles. The molecule has 0 amide bonds. The standard InChI is InChI=1S/C19H29F3N4O2S.HI/c1-3-23-18(24-11-8-16-6-4-15(2)5-7-16)25-14-17-9-12-26(13-10-17)29(27,28)19(20,21)22;/h4-7,17H,3,8-14H2,1-2H3,(H2,23,24,25);1H. The monoisotopic (exact) mass is 562 g/mol. The fraction of sp³-hybridized carbons (Fsp3) is 0.632. The van der Waals surface area contributed by atoms with Gasteiger partial charge in [-0.05, 0) is 44.6 Å². The predicted octanol–water partition coefficient (Wildman–Crippen LogP) is 3.27. The lowest BCUT2D eigenvalue weighted by Gasteiger charge is -2.30. The largest absolute Gasteiger partial charge is 0.511 e. The van der Waals surface area contributed by atoms with Crippen LogP contribution in [0.15, 0.2) is 29.3 Å². The third-order valence-corrected chi connectivity index (χ3v) is 6.51. The number of halogens is 4. The molecule has 30 heavy (non-hydrogen) atoms. The molecule has 2 rings (SSSR count). The maximum absolute atomic E-state index is 12.6. The molecule has 6 nitrogen and oxygen atoms in total. The first kappa shape index (κ1) is 27.0. The number of alkyl halides is 3. The summed E-state index contributed by atoms with van der Waals surface area (Å²) >= 11 is 0. The normalized spacial score (nSPS) is 16.8. The van der Waals surface area contributed by atoms with E-state index in [1.54, 1.807) is 0 Å². The van der Waals surface area contributed by atoms with Crippen molar-refractivity contribution in [3.63, 3.8) is 0 Å². The van der Waals surface area contributed by atoms with Crippen LogP contribution in [0.2, 0.25) is 0 Å². The number of sulfonamides is 1. The third-order valence-electron chi connectivity index (χ3n) is 4.88. The van der Waals surface area contributed by atoms with Gasteiger partial charge in [0.25, 0.3) is 0 Å². The zero-order chi connectivity index (χ0) is 21.5. The summed E-state index contributed by atoms with van der Waals surface area (Å²) in [5, 5.41) is 6.41. The highest BCUT2D eigenvalue weighted by molar-refractivity contribution is 14.0. The number of aliphatic imine (C=N–C) groups is 1. The molecule has 1 fully saturated rings. The van der Waals surface area contributed by atoms with Crippen LogP contribution in [-0.2, 0) is 16.4 Å². The van der Waals surface area contributed by atoms with E-state index in [0.717, 1.165) is 6.42 Å². The zero-order valence-corrected chi connectivity index (χ0v) is 20.4. The number of nitrogens with zero attached hydrogens (tertiary/aromatic N) is 2. The Morgan fingerprint density at radius 1 is 1.17 bits per heavy atom. The Morgan fingerprint density at radius 2 is 1.77 bits per heavy atom. The first-order valence-electron chi connectivity index (χ1n) is 9.77. The van der Waals surface area contributed by atoms with E-state index < -0.39 is 15.5 Å². The van der Waals surface area contributed by atoms with Gasteiger partial charge in [0.15, 0.2) is 5.96 Å². The van der Waals surface area contributed by atoms with Crippen molar-refractivity contribution in [2.75, 3.05) is 32.7 Å². The van der Waals surface area contributed by atoms with Crippen LogP contribution in [0.3, 0.4) is 0 Å². The molecule has 1 aliphatic rings. The number of hydrogen-bond donors (Lipinski definition) is 2. The van der Waals surface area contributed by atoms with E-state index in [1.807, 2.05) is 13.8 Å². The van der Waals surface area contributed by atoms with Crippen LogP contribution < -0.4 is 10.6 Å². The second-order valence-electron chi connectivity index (χ2n) is 7.18. The van der Waals surface area contributed by atoms with E-state index in [-0.39, 0.29) is 43.0 Å². The average Bonchev–Trinajstić information content (AvgIpc) is 2.67. The first-order chi connectivity index (χ1) is 13.6. The number of rotatable bonds is 7. The van der Waals surface area contributed by atoms with Crippen molar-refractivity contribution < 1.29 is 21.6 Å². The molecule has 1 heterocycles. The quantitative estimate of drug-likeness (QED) is 0.304. The molecule has 0 spiro atoms. The van der Waals surface area contributed by atoms with Gasteiger partial charge in [0.2, 0.25) is 0 Å². The molecule has 2 N–H and O–H groups in total. The molecule has 0 radical (unpaired) electrons. The fourth-order valence-corrected chi connectivity index (χ4v) is 4.11. The van der Waals surface area contributed by atoms with E-state index in [0.29, 0.717) is 42.7 Å². The number of piperidine rings is 1. The van der Waals surface area contributed by atoms with Crippen molar-refractivity contribution in [3.8, 4) is 0 Å². The van der Waals surface area contributed by atoms with Gasteiger partial charge < -0.3 is 10.6 Å². The maximum atomic E-state index is 12.6. The van der Waals surface area contributed by atoms with Crippen molar-refractivity contribution in [3.05, 3.63) is 35.4 Å². The maximum Gasteiger partial charge on any atom is 0.511 e. The van der Waals surface area contributed by atoms with Crippen LogP contribution in [0.5, 0.6) is 0 Å². The average molecular weight is 562 g/mol. The summed E-state index contributed by atoms with van der Waals surface area (Å²) in [4.78, 5) is 4.52. The fourth-order valence-electron chi connectivity index (χ4n) is 3.12. The highest BCUT2D eigenvalue weighted by Crippen LogP contribution is 2.30. The van der Waals surface area contributed by atoms with Crippen molar-refractivity contribution >= 4 is 40.0 Å². The van der Waals surface area contributed by atoms with Crippen molar-refractivity contribution in [2.24, 2.45) is 10.9 Å². The van der Waals surface area contributed by atoms with Gasteiger partial charge in [-0.15, -0.1) is 24.0 Å². The van der Waals surface area contributed by atoms with E-state index in [4.69, 9.17) is 0 Å². The molecule has 172 valence electrons.